The standard InChI is InChI=1S/C16H20FN3S/c1-3-12(18)9-13-8-11(2)19-16(20-13)10-21-15-7-5-4-6-14(15)17/h4-8,12H,3,9-10,18H2,1-2H3. The SMILES string of the molecule is CCC(N)Cc1cc(C)nc(CSc2ccccc2F)n1. The number of nitrogens with zero attached hydrogens (tertiary/aromatic N) is 2. The van der Waals surface area contributed by atoms with E-state index in [1.807, 2.05) is 19.1 Å². The van der Waals surface area contributed by atoms with E-state index in [9.17, 15) is 4.39 Å². The van der Waals surface area contributed by atoms with E-state index in [0.717, 1.165) is 30.1 Å². The Balaban J connectivity index is 2.08. The van der Waals surface area contributed by atoms with Crippen LogP contribution in [0.5, 0.6) is 0 Å². The van der Waals surface area contributed by atoms with Crippen molar-refractivity contribution in [3.05, 3.63) is 53.4 Å². The molecule has 0 aliphatic rings. The molecule has 1 aromatic heterocycles. The number of hydrogen-bond donors (Lipinski definition) is 1. The molecule has 0 saturated carbocycles. The zero-order chi connectivity index (χ0) is 15.2. The zero-order valence-corrected chi connectivity index (χ0v) is 13.2. The number of rotatable bonds is 6. The number of thioether (sulfide) groups is 1. The fraction of sp³-hybridized carbons (Fsp3) is 0.375. The largest absolute Gasteiger partial charge is 0.327 e. The minimum absolute atomic E-state index is 0.117. The first-order valence-electron chi connectivity index (χ1n) is 7.04. The molecule has 0 saturated heterocycles. The summed E-state index contributed by atoms with van der Waals surface area (Å²) in [6, 6.07) is 8.83. The highest BCUT2D eigenvalue weighted by Crippen LogP contribution is 2.24. The Bertz CT molecular complexity index is 604. The Morgan fingerprint density at radius 2 is 2.05 bits per heavy atom. The first-order chi connectivity index (χ1) is 10.1. The van der Waals surface area contributed by atoms with Gasteiger partial charge in [-0.15, -0.1) is 11.8 Å². The molecule has 3 nitrogen and oxygen atoms in total. The number of benzene rings is 1. The van der Waals surface area contributed by atoms with Crippen molar-refractivity contribution >= 4 is 11.8 Å². The zero-order valence-electron chi connectivity index (χ0n) is 12.3. The smallest absolute Gasteiger partial charge is 0.139 e. The molecule has 1 heterocycles. The van der Waals surface area contributed by atoms with Crippen molar-refractivity contribution < 1.29 is 4.39 Å². The van der Waals surface area contributed by atoms with Gasteiger partial charge in [-0.25, -0.2) is 14.4 Å². The van der Waals surface area contributed by atoms with Gasteiger partial charge in [0, 0.05) is 28.7 Å². The first-order valence-corrected chi connectivity index (χ1v) is 8.03. The van der Waals surface area contributed by atoms with Crippen LogP contribution in [0.2, 0.25) is 0 Å². The average molecular weight is 305 g/mol. The Morgan fingerprint density at radius 1 is 1.29 bits per heavy atom. The summed E-state index contributed by atoms with van der Waals surface area (Å²) >= 11 is 1.41. The molecule has 1 aromatic carbocycles. The Kier molecular flexibility index (Phi) is 5.70. The summed E-state index contributed by atoms with van der Waals surface area (Å²) in [6.45, 7) is 4.01. The van der Waals surface area contributed by atoms with Crippen molar-refractivity contribution in [2.75, 3.05) is 0 Å². The molecular formula is C16H20FN3S. The summed E-state index contributed by atoms with van der Waals surface area (Å²) in [5, 5.41) is 0. The molecule has 0 fully saturated rings. The summed E-state index contributed by atoms with van der Waals surface area (Å²) in [5.41, 5.74) is 7.86. The molecule has 1 atom stereocenters. The fourth-order valence-corrected chi connectivity index (χ4v) is 2.78. The third-order valence-corrected chi connectivity index (χ3v) is 4.19. The Morgan fingerprint density at radius 3 is 2.76 bits per heavy atom. The van der Waals surface area contributed by atoms with Gasteiger partial charge in [-0.05, 0) is 31.5 Å². The molecule has 5 heteroatoms. The molecule has 0 spiro atoms. The molecule has 0 radical (unpaired) electrons. The lowest BCUT2D eigenvalue weighted by Gasteiger charge is -2.10. The lowest BCUT2D eigenvalue weighted by Crippen LogP contribution is -2.22. The van der Waals surface area contributed by atoms with E-state index >= 15 is 0 Å². The van der Waals surface area contributed by atoms with Crippen LogP contribution in [-0.4, -0.2) is 16.0 Å². The van der Waals surface area contributed by atoms with Crippen molar-refractivity contribution in [3.8, 4) is 0 Å². The quantitative estimate of drug-likeness (QED) is 0.830. The molecule has 2 rings (SSSR count). The summed E-state index contributed by atoms with van der Waals surface area (Å²) in [7, 11) is 0. The number of aromatic nitrogens is 2. The summed E-state index contributed by atoms with van der Waals surface area (Å²) < 4.78 is 13.6. The maximum absolute atomic E-state index is 13.6. The minimum Gasteiger partial charge on any atom is -0.327 e. The lowest BCUT2D eigenvalue weighted by atomic mass is 10.1. The molecule has 0 bridgehead atoms. The van der Waals surface area contributed by atoms with E-state index in [1.54, 1.807) is 12.1 Å². The van der Waals surface area contributed by atoms with E-state index in [-0.39, 0.29) is 11.9 Å². The molecule has 0 aliphatic heterocycles. The molecule has 2 aromatic rings. The average Bonchev–Trinajstić information content (AvgIpc) is 2.45. The van der Waals surface area contributed by atoms with E-state index in [1.165, 1.54) is 17.8 Å². The normalized spacial score (nSPS) is 12.4. The van der Waals surface area contributed by atoms with Gasteiger partial charge in [-0.2, -0.15) is 0 Å². The van der Waals surface area contributed by atoms with Gasteiger partial charge in [0.25, 0.3) is 0 Å². The van der Waals surface area contributed by atoms with Crippen LogP contribution < -0.4 is 5.73 Å². The van der Waals surface area contributed by atoms with Gasteiger partial charge in [-0.1, -0.05) is 19.1 Å². The van der Waals surface area contributed by atoms with Crippen LogP contribution >= 0.6 is 11.8 Å². The fourth-order valence-electron chi connectivity index (χ4n) is 1.99. The van der Waals surface area contributed by atoms with Crippen LogP contribution in [0.4, 0.5) is 4.39 Å². The molecule has 112 valence electrons. The van der Waals surface area contributed by atoms with Crippen LogP contribution in [0, 0.1) is 12.7 Å². The van der Waals surface area contributed by atoms with Crippen molar-refractivity contribution in [1.29, 1.82) is 0 Å². The predicted molar refractivity (Wildman–Crippen MR) is 84.7 cm³/mol. The van der Waals surface area contributed by atoms with Crippen LogP contribution in [0.3, 0.4) is 0 Å². The molecule has 1 unspecified atom stereocenters. The summed E-state index contributed by atoms with van der Waals surface area (Å²) in [6.07, 6.45) is 1.67. The predicted octanol–water partition coefficient (Wildman–Crippen LogP) is 3.50. The maximum Gasteiger partial charge on any atom is 0.139 e. The van der Waals surface area contributed by atoms with Crippen LogP contribution in [0.25, 0.3) is 0 Å². The lowest BCUT2D eigenvalue weighted by molar-refractivity contribution is 0.602. The summed E-state index contributed by atoms with van der Waals surface area (Å²) in [5.74, 6) is 1.07. The molecule has 0 aliphatic carbocycles. The van der Waals surface area contributed by atoms with Gasteiger partial charge >= 0.3 is 0 Å². The van der Waals surface area contributed by atoms with Gasteiger partial charge in [0.2, 0.25) is 0 Å². The highest BCUT2D eigenvalue weighted by atomic mass is 32.2. The molecule has 21 heavy (non-hydrogen) atoms. The monoisotopic (exact) mass is 305 g/mol. The third kappa shape index (κ3) is 4.79. The van der Waals surface area contributed by atoms with E-state index in [2.05, 4.69) is 16.9 Å². The van der Waals surface area contributed by atoms with Gasteiger partial charge in [0.1, 0.15) is 11.6 Å². The van der Waals surface area contributed by atoms with Gasteiger partial charge in [0.05, 0.1) is 5.75 Å². The third-order valence-electron chi connectivity index (χ3n) is 3.14. The van der Waals surface area contributed by atoms with Crippen molar-refractivity contribution in [1.82, 2.24) is 9.97 Å². The van der Waals surface area contributed by atoms with Crippen LogP contribution in [0.1, 0.15) is 30.6 Å². The van der Waals surface area contributed by atoms with E-state index < -0.39 is 0 Å². The van der Waals surface area contributed by atoms with Gasteiger partial charge < -0.3 is 5.73 Å². The number of nitrogens with two attached hydrogens (primary N) is 1. The van der Waals surface area contributed by atoms with Crippen molar-refractivity contribution in [2.45, 2.75) is 43.4 Å². The maximum atomic E-state index is 13.6. The topological polar surface area (TPSA) is 51.8 Å². The second kappa shape index (κ2) is 7.52. The number of aryl methyl sites for hydroxylation is 1. The van der Waals surface area contributed by atoms with Gasteiger partial charge in [0.15, 0.2) is 0 Å². The Hall–Kier alpha value is -1.46. The second-order valence-electron chi connectivity index (χ2n) is 5.01. The summed E-state index contributed by atoms with van der Waals surface area (Å²) in [4.78, 5) is 9.57. The van der Waals surface area contributed by atoms with E-state index in [0.29, 0.717) is 10.6 Å². The first kappa shape index (κ1) is 15.9. The molecule has 0 amide bonds. The second-order valence-corrected chi connectivity index (χ2v) is 6.03. The number of hydrogen-bond acceptors (Lipinski definition) is 4. The van der Waals surface area contributed by atoms with Crippen molar-refractivity contribution in [3.63, 3.8) is 0 Å². The Labute approximate surface area is 129 Å². The minimum atomic E-state index is -0.205. The molecular weight excluding hydrogens is 285 g/mol. The van der Waals surface area contributed by atoms with Crippen molar-refractivity contribution in [2.24, 2.45) is 5.73 Å². The van der Waals surface area contributed by atoms with Crippen LogP contribution in [-0.2, 0) is 12.2 Å². The molecule has 2 N–H and O–H groups in total. The highest BCUT2D eigenvalue weighted by Gasteiger charge is 2.08. The highest BCUT2D eigenvalue weighted by molar-refractivity contribution is 7.98. The van der Waals surface area contributed by atoms with Gasteiger partial charge in [-0.3, -0.25) is 0 Å². The van der Waals surface area contributed by atoms with E-state index in [4.69, 9.17) is 5.73 Å². The van der Waals surface area contributed by atoms with Crippen LogP contribution in [0.15, 0.2) is 35.2 Å². The number of halogens is 1.